The first-order valence-corrected chi connectivity index (χ1v) is 7.70. The molecule has 0 radical (unpaired) electrons. The Morgan fingerprint density at radius 2 is 1.91 bits per heavy atom. The van der Waals surface area contributed by atoms with Gasteiger partial charge in [0.05, 0.1) is 12.0 Å². The maximum Gasteiger partial charge on any atom is 0.228 e. The minimum absolute atomic E-state index is 0. The maximum absolute atomic E-state index is 12.5. The van der Waals surface area contributed by atoms with E-state index in [0.717, 1.165) is 32.4 Å². The molecule has 124 valence electrons. The second-order valence-corrected chi connectivity index (χ2v) is 5.95. The van der Waals surface area contributed by atoms with Crippen LogP contribution >= 0.6 is 12.4 Å². The lowest BCUT2D eigenvalue weighted by atomic mass is 9.78. The molecule has 1 aliphatic heterocycles. The van der Waals surface area contributed by atoms with Crippen LogP contribution in [0.25, 0.3) is 0 Å². The molecule has 1 heterocycles. The molecule has 1 amide bonds. The summed E-state index contributed by atoms with van der Waals surface area (Å²) in [5.41, 5.74) is 2.16. The van der Waals surface area contributed by atoms with Crippen LogP contribution in [0.1, 0.15) is 24.0 Å². The van der Waals surface area contributed by atoms with Gasteiger partial charge in [-0.25, -0.2) is 0 Å². The molecule has 0 aliphatic carbocycles. The Morgan fingerprint density at radius 3 is 2.50 bits per heavy atom. The van der Waals surface area contributed by atoms with Gasteiger partial charge >= 0.3 is 0 Å². The quantitative estimate of drug-likeness (QED) is 0.841. The van der Waals surface area contributed by atoms with Crippen LogP contribution < -0.4 is 10.6 Å². The third-order valence-corrected chi connectivity index (χ3v) is 4.28. The minimum atomic E-state index is -0.354. The summed E-state index contributed by atoms with van der Waals surface area (Å²) in [6, 6.07) is 8.46. The van der Waals surface area contributed by atoms with Gasteiger partial charge in [-0.3, -0.25) is 4.79 Å². The summed E-state index contributed by atoms with van der Waals surface area (Å²) in [6.07, 6.45) is 2.56. The van der Waals surface area contributed by atoms with Crippen molar-refractivity contribution in [1.82, 2.24) is 10.6 Å². The van der Waals surface area contributed by atoms with Gasteiger partial charge in [0.2, 0.25) is 5.91 Å². The summed E-state index contributed by atoms with van der Waals surface area (Å²) in [7, 11) is 1.67. The molecule has 1 fully saturated rings. The number of piperidine rings is 1. The summed E-state index contributed by atoms with van der Waals surface area (Å²) in [6.45, 7) is 5.03. The Morgan fingerprint density at radius 1 is 1.27 bits per heavy atom. The standard InChI is InChI=1S/C17H26N2O2.ClH/c1-14-3-5-15(6-4-14)7-10-19-16(20)17(13-21-2)8-11-18-12-9-17;/h3-6,18H,7-13H2,1-2H3,(H,19,20);1H. The van der Waals surface area contributed by atoms with E-state index in [2.05, 4.69) is 41.8 Å². The molecule has 1 aromatic rings. The summed E-state index contributed by atoms with van der Waals surface area (Å²) in [5, 5.41) is 6.40. The first-order chi connectivity index (χ1) is 10.2. The van der Waals surface area contributed by atoms with Gasteiger partial charge in [0.25, 0.3) is 0 Å². The molecular weight excluding hydrogens is 300 g/mol. The number of hydrogen-bond acceptors (Lipinski definition) is 3. The lowest BCUT2D eigenvalue weighted by Crippen LogP contribution is -2.50. The van der Waals surface area contributed by atoms with Crippen LogP contribution in [0.4, 0.5) is 0 Å². The van der Waals surface area contributed by atoms with Gasteiger partial charge in [-0.1, -0.05) is 29.8 Å². The average molecular weight is 327 g/mol. The van der Waals surface area contributed by atoms with Gasteiger partial charge < -0.3 is 15.4 Å². The first kappa shape index (κ1) is 18.9. The predicted octanol–water partition coefficient (Wildman–Crippen LogP) is 2.09. The van der Waals surface area contributed by atoms with Crippen LogP contribution in [0.5, 0.6) is 0 Å². The smallest absolute Gasteiger partial charge is 0.228 e. The Balaban J connectivity index is 0.00000242. The number of aryl methyl sites for hydroxylation is 1. The Hall–Kier alpha value is -1.10. The molecular formula is C17H27ClN2O2. The van der Waals surface area contributed by atoms with Crippen molar-refractivity contribution in [2.24, 2.45) is 5.41 Å². The van der Waals surface area contributed by atoms with Gasteiger partial charge in [0.1, 0.15) is 0 Å². The second kappa shape index (κ2) is 9.13. The van der Waals surface area contributed by atoms with Gasteiger partial charge in [-0.15, -0.1) is 12.4 Å². The largest absolute Gasteiger partial charge is 0.384 e. The van der Waals surface area contributed by atoms with E-state index in [1.807, 2.05) is 0 Å². The Labute approximate surface area is 139 Å². The zero-order chi connectivity index (χ0) is 15.1. The fourth-order valence-corrected chi connectivity index (χ4v) is 2.88. The minimum Gasteiger partial charge on any atom is -0.384 e. The average Bonchev–Trinajstić information content (AvgIpc) is 2.50. The van der Waals surface area contributed by atoms with Crippen LogP contribution in [-0.4, -0.2) is 39.3 Å². The van der Waals surface area contributed by atoms with Crippen LogP contribution in [0.15, 0.2) is 24.3 Å². The van der Waals surface area contributed by atoms with E-state index in [9.17, 15) is 4.79 Å². The van der Waals surface area contributed by atoms with Crippen LogP contribution in [0.3, 0.4) is 0 Å². The highest BCUT2D eigenvalue weighted by molar-refractivity contribution is 5.85. The van der Waals surface area contributed by atoms with Crippen LogP contribution in [0, 0.1) is 12.3 Å². The number of rotatable bonds is 6. The van der Waals surface area contributed by atoms with E-state index in [4.69, 9.17) is 4.74 Å². The number of ether oxygens (including phenoxy) is 1. The lowest BCUT2D eigenvalue weighted by Gasteiger charge is -2.35. The van der Waals surface area contributed by atoms with Crippen molar-refractivity contribution >= 4 is 18.3 Å². The summed E-state index contributed by atoms with van der Waals surface area (Å²) in [5.74, 6) is 0.137. The normalized spacial score (nSPS) is 16.6. The number of hydrogen-bond donors (Lipinski definition) is 2. The number of benzene rings is 1. The molecule has 1 saturated heterocycles. The monoisotopic (exact) mass is 326 g/mol. The molecule has 1 aromatic carbocycles. The van der Waals surface area contributed by atoms with Crippen LogP contribution in [-0.2, 0) is 16.0 Å². The number of carbonyl (C=O) groups excluding carboxylic acids is 1. The van der Waals surface area contributed by atoms with Crippen molar-refractivity contribution < 1.29 is 9.53 Å². The number of amides is 1. The van der Waals surface area contributed by atoms with Crippen LogP contribution in [0.2, 0.25) is 0 Å². The molecule has 0 atom stereocenters. The lowest BCUT2D eigenvalue weighted by molar-refractivity contribution is -0.136. The van der Waals surface area contributed by atoms with Crippen molar-refractivity contribution in [3.8, 4) is 0 Å². The summed E-state index contributed by atoms with van der Waals surface area (Å²) >= 11 is 0. The molecule has 1 aliphatic rings. The Bertz CT molecular complexity index is 451. The maximum atomic E-state index is 12.5. The van der Waals surface area contributed by atoms with E-state index in [-0.39, 0.29) is 23.7 Å². The van der Waals surface area contributed by atoms with Gasteiger partial charge in [-0.2, -0.15) is 0 Å². The highest BCUT2D eigenvalue weighted by atomic mass is 35.5. The molecule has 0 spiro atoms. The summed E-state index contributed by atoms with van der Waals surface area (Å²) < 4.78 is 5.29. The van der Waals surface area contributed by atoms with E-state index >= 15 is 0 Å². The van der Waals surface area contributed by atoms with Crippen molar-refractivity contribution in [2.45, 2.75) is 26.2 Å². The molecule has 2 N–H and O–H groups in total. The van der Waals surface area contributed by atoms with Crippen molar-refractivity contribution in [3.05, 3.63) is 35.4 Å². The number of methoxy groups -OCH3 is 1. The van der Waals surface area contributed by atoms with Gasteiger partial charge in [0, 0.05) is 13.7 Å². The molecule has 0 unspecified atom stereocenters. The van der Waals surface area contributed by atoms with Gasteiger partial charge in [0.15, 0.2) is 0 Å². The van der Waals surface area contributed by atoms with Gasteiger partial charge in [-0.05, 0) is 44.8 Å². The topological polar surface area (TPSA) is 50.4 Å². The first-order valence-electron chi connectivity index (χ1n) is 7.70. The number of nitrogens with one attached hydrogen (secondary N) is 2. The number of carbonyl (C=O) groups is 1. The van der Waals surface area contributed by atoms with E-state index in [0.29, 0.717) is 13.2 Å². The zero-order valence-corrected chi connectivity index (χ0v) is 14.3. The molecule has 2 rings (SSSR count). The molecule has 0 saturated carbocycles. The van der Waals surface area contributed by atoms with E-state index in [1.54, 1.807) is 7.11 Å². The third-order valence-electron chi connectivity index (χ3n) is 4.28. The second-order valence-electron chi connectivity index (χ2n) is 5.95. The molecule has 4 nitrogen and oxygen atoms in total. The summed E-state index contributed by atoms with van der Waals surface area (Å²) in [4.78, 5) is 12.5. The fraction of sp³-hybridized carbons (Fsp3) is 0.588. The van der Waals surface area contributed by atoms with Crippen molar-refractivity contribution in [2.75, 3.05) is 33.4 Å². The van der Waals surface area contributed by atoms with Crippen molar-refractivity contribution in [1.29, 1.82) is 0 Å². The Kier molecular flexibility index (Phi) is 7.87. The number of halogens is 1. The van der Waals surface area contributed by atoms with E-state index in [1.165, 1.54) is 11.1 Å². The predicted molar refractivity (Wildman–Crippen MR) is 91.6 cm³/mol. The zero-order valence-electron chi connectivity index (χ0n) is 13.5. The SMILES string of the molecule is COCC1(C(=O)NCCc2ccc(C)cc2)CCNCC1.Cl. The molecule has 22 heavy (non-hydrogen) atoms. The highest BCUT2D eigenvalue weighted by Gasteiger charge is 2.39. The highest BCUT2D eigenvalue weighted by Crippen LogP contribution is 2.29. The third kappa shape index (κ3) is 4.97. The van der Waals surface area contributed by atoms with Crippen molar-refractivity contribution in [3.63, 3.8) is 0 Å². The molecule has 5 heteroatoms. The van der Waals surface area contributed by atoms with E-state index < -0.39 is 0 Å². The molecule has 0 aromatic heterocycles. The molecule has 0 bridgehead atoms. The fourth-order valence-electron chi connectivity index (χ4n) is 2.88.